The monoisotopic (exact) mass is 256 g/mol. The molecule has 0 bridgehead atoms. The van der Waals surface area contributed by atoms with Gasteiger partial charge in [0.05, 0.1) is 5.56 Å². The molecule has 1 N–H and O–H groups in total. The summed E-state index contributed by atoms with van der Waals surface area (Å²) in [6.07, 6.45) is 6.46. The minimum absolute atomic E-state index is 0.420. The van der Waals surface area contributed by atoms with Crippen LogP contribution in [-0.4, -0.2) is 15.1 Å². The summed E-state index contributed by atoms with van der Waals surface area (Å²) in [5.41, 5.74) is 1.28. The van der Waals surface area contributed by atoms with Crippen molar-refractivity contribution < 1.29 is 4.52 Å². The summed E-state index contributed by atoms with van der Waals surface area (Å²) in [5, 5.41) is 12.9. The lowest BCUT2D eigenvalue weighted by Gasteiger charge is -2.23. The zero-order valence-corrected chi connectivity index (χ0v) is 10.9. The minimum Gasteiger partial charge on any atom is -0.352 e. The molecule has 5 heteroatoms. The summed E-state index contributed by atoms with van der Waals surface area (Å²) in [4.78, 5) is 7.33. The first kappa shape index (κ1) is 12.0. The molecule has 1 saturated carbocycles. The highest BCUT2D eigenvalue weighted by Gasteiger charge is 2.24. The summed E-state index contributed by atoms with van der Waals surface area (Å²) in [6, 6.07) is 3.77. The Labute approximate surface area is 111 Å². The van der Waals surface area contributed by atoms with Gasteiger partial charge in [0.25, 0.3) is 5.89 Å². The van der Waals surface area contributed by atoms with Gasteiger partial charge in [-0.3, -0.25) is 0 Å². The number of rotatable bonds is 2. The molecule has 0 saturated heterocycles. The maximum atomic E-state index is 8.78. The van der Waals surface area contributed by atoms with Crippen molar-refractivity contribution in [2.75, 3.05) is 0 Å². The molecule has 2 aromatic heterocycles. The second kappa shape index (κ2) is 4.88. The number of hydrogen-bond acceptors (Lipinski definition) is 4. The SMILES string of the molecule is CC1CCC(c2noc(-c3c[nH]c(C#N)c3)n2)CC1. The van der Waals surface area contributed by atoms with Crippen molar-refractivity contribution >= 4 is 0 Å². The van der Waals surface area contributed by atoms with Gasteiger partial charge in [-0.25, -0.2) is 0 Å². The fraction of sp³-hybridized carbons (Fsp3) is 0.500. The standard InChI is InChI=1S/C14H16N4O/c1-9-2-4-10(5-3-9)13-17-14(19-18-13)11-6-12(7-15)16-8-11/h6,8-10,16H,2-5H2,1H3. The first-order valence-electron chi connectivity index (χ1n) is 6.68. The van der Waals surface area contributed by atoms with E-state index in [-0.39, 0.29) is 0 Å². The summed E-state index contributed by atoms with van der Waals surface area (Å²) in [6.45, 7) is 2.29. The predicted octanol–water partition coefficient (Wildman–Crippen LogP) is 3.23. The van der Waals surface area contributed by atoms with Gasteiger partial charge >= 0.3 is 0 Å². The van der Waals surface area contributed by atoms with E-state index in [0.29, 0.717) is 17.5 Å². The second-order valence-electron chi connectivity index (χ2n) is 5.33. The summed E-state index contributed by atoms with van der Waals surface area (Å²) in [5.74, 6) is 2.53. The van der Waals surface area contributed by atoms with Crippen LogP contribution in [0.5, 0.6) is 0 Å². The Morgan fingerprint density at radius 3 is 2.84 bits per heavy atom. The lowest BCUT2D eigenvalue weighted by molar-refractivity contribution is 0.329. The average Bonchev–Trinajstić information content (AvgIpc) is 3.08. The van der Waals surface area contributed by atoms with Crippen LogP contribution in [0, 0.1) is 17.2 Å². The smallest absolute Gasteiger partial charge is 0.259 e. The summed E-state index contributed by atoms with van der Waals surface area (Å²) in [7, 11) is 0. The van der Waals surface area contributed by atoms with Crippen molar-refractivity contribution in [1.29, 1.82) is 5.26 Å². The van der Waals surface area contributed by atoms with Crippen molar-refractivity contribution in [2.45, 2.75) is 38.5 Å². The van der Waals surface area contributed by atoms with Crippen molar-refractivity contribution in [3.8, 4) is 17.5 Å². The minimum atomic E-state index is 0.420. The molecule has 5 nitrogen and oxygen atoms in total. The molecule has 0 amide bonds. The molecule has 0 atom stereocenters. The topological polar surface area (TPSA) is 78.5 Å². The van der Waals surface area contributed by atoms with Crippen LogP contribution in [0.4, 0.5) is 0 Å². The van der Waals surface area contributed by atoms with Crippen LogP contribution in [0.1, 0.15) is 50.0 Å². The van der Waals surface area contributed by atoms with Crippen molar-refractivity contribution in [2.24, 2.45) is 5.92 Å². The molecule has 0 aliphatic heterocycles. The van der Waals surface area contributed by atoms with Gasteiger partial charge < -0.3 is 9.51 Å². The van der Waals surface area contributed by atoms with Crippen LogP contribution < -0.4 is 0 Å². The van der Waals surface area contributed by atoms with Crippen LogP contribution in [0.3, 0.4) is 0 Å². The van der Waals surface area contributed by atoms with Crippen molar-refractivity contribution in [3.63, 3.8) is 0 Å². The first-order valence-corrected chi connectivity index (χ1v) is 6.68. The quantitative estimate of drug-likeness (QED) is 0.894. The predicted molar refractivity (Wildman–Crippen MR) is 69.2 cm³/mol. The number of nitrogens with zero attached hydrogens (tertiary/aromatic N) is 3. The van der Waals surface area contributed by atoms with E-state index in [1.165, 1.54) is 12.8 Å². The molecule has 0 radical (unpaired) electrons. The molecule has 1 aliphatic carbocycles. The molecule has 2 heterocycles. The molecule has 1 aliphatic rings. The van der Waals surface area contributed by atoms with Gasteiger partial charge in [-0.15, -0.1) is 0 Å². The Bertz CT molecular complexity index is 599. The highest BCUT2D eigenvalue weighted by atomic mass is 16.5. The van der Waals surface area contributed by atoms with Crippen LogP contribution in [-0.2, 0) is 0 Å². The maximum absolute atomic E-state index is 8.78. The average molecular weight is 256 g/mol. The number of H-pyrrole nitrogens is 1. The largest absolute Gasteiger partial charge is 0.352 e. The number of aromatic amines is 1. The van der Waals surface area contributed by atoms with E-state index in [0.717, 1.165) is 30.1 Å². The highest BCUT2D eigenvalue weighted by Crippen LogP contribution is 2.34. The Kier molecular flexibility index (Phi) is 3.08. The third-order valence-electron chi connectivity index (χ3n) is 3.87. The van der Waals surface area contributed by atoms with E-state index in [9.17, 15) is 0 Å². The van der Waals surface area contributed by atoms with E-state index in [2.05, 4.69) is 22.0 Å². The van der Waals surface area contributed by atoms with Gasteiger partial charge in [0.15, 0.2) is 5.82 Å². The molecule has 0 spiro atoms. The molecule has 0 aromatic carbocycles. The van der Waals surface area contributed by atoms with Crippen LogP contribution in [0.25, 0.3) is 11.5 Å². The third-order valence-corrected chi connectivity index (χ3v) is 3.87. The number of nitrogens with one attached hydrogen (secondary N) is 1. The lowest BCUT2D eigenvalue weighted by Crippen LogP contribution is -2.11. The zero-order valence-electron chi connectivity index (χ0n) is 10.9. The molecular formula is C14H16N4O. The number of hydrogen-bond donors (Lipinski definition) is 1. The Morgan fingerprint density at radius 1 is 1.37 bits per heavy atom. The van der Waals surface area contributed by atoms with Gasteiger partial charge in [0.1, 0.15) is 11.8 Å². The van der Waals surface area contributed by atoms with Gasteiger partial charge in [-0.1, -0.05) is 24.9 Å². The Balaban J connectivity index is 1.78. The normalized spacial score (nSPS) is 23.2. The molecular weight excluding hydrogens is 240 g/mol. The zero-order chi connectivity index (χ0) is 13.2. The van der Waals surface area contributed by atoms with E-state index in [1.807, 2.05) is 6.07 Å². The van der Waals surface area contributed by atoms with Gasteiger partial charge in [0, 0.05) is 12.1 Å². The van der Waals surface area contributed by atoms with Crippen LogP contribution in [0.15, 0.2) is 16.8 Å². The second-order valence-corrected chi connectivity index (χ2v) is 5.33. The first-order chi connectivity index (χ1) is 9.26. The van der Waals surface area contributed by atoms with E-state index in [1.54, 1.807) is 12.3 Å². The number of nitriles is 1. The van der Waals surface area contributed by atoms with Gasteiger partial charge in [-0.2, -0.15) is 10.2 Å². The van der Waals surface area contributed by atoms with E-state index in [4.69, 9.17) is 9.78 Å². The maximum Gasteiger partial charge on any atom is 0.259 e. The molecule has 98 valence electrons. The van der Waals surface area contributed by atoms with E-state index < -0.39 is 0 Å². The summed E-state index contributed by atoms with van der Waals surface area (Å²) >= 11 is 0. The summed E-state index contributed by atoms with van der Waals surface area (Å²) < 4.78 is 5.30. The van der Waals surface area contributed by atoms with E-state index >= 15 is 0 Å². The molecule has 0 unspecified atom stereocenters. The fourth-order valence-electron chi connectivity index (χ4n) is 2.62. The molecule has 19 heavy (non-hydrogen) atoms. The Morgan fingerprint density at radius 2 is 2.16 bits per heavy atom. The van der Waals surface area contributed by atoms with Gasteiger partial charge in [0.2, 0.25) is 0 Å². The molecule has 1 fully saturated rings. The third kappa shape index (κ3) is 2.39. The van der Waals surface area contributed by atoms with Crippen molar-refractivity contribution in [3.05, 3.63) is 23.8 Å². The number of aromatic nitrogens is 3. The molecule has 2 aromatic rings. The Hall–Kier alpha value is -2.09. The highest BCUT2D eigenvalue weighted by molar-refractivity contribution is 5.54. The van der Waals surface area contributed by atoms with Gasteiger partial charge in [-0.05, 0) is 24.8 Å². The van der Waals surface area contributed by atoms with Crippen LogP contribution >= 0.6 is 0 Å². The van der Waals surface area contributed by atoms with Crippen LogP contribution in [0.2, 0.25) is 0 Å². The van der Waals surface area contributed by atoms with Crippen molar-refractivity contribution in [1.82, 2.24) is 15.1 Å². The lowest BCUT2D eigenvalue weighted by atomic mass is 9.83. The fourth-order valence-corrected chi connectivity index (χ4v) is 2.62. The molecule has 3 rings (SSSR count).